The molecular formula is C10H11Cl2N3S. The minimum Gasteiger partial charge on any atom is -0.377 e. The van der Waals surface area contributed by atoms with Gasteiger partial charge in [0.05, 0.1) is 11.2 Å². The fourth-order valence-corrected chi connectivity index (χ4v) is 1.79. The van der Waals surface area contributed by atoms with E-state index < -0.39 is 0 Å². The fourth-order valence-electron chi connectivity index (χ4n) is 0.931. The van der Waals surface area contributed by atoms with Crippen LogP contribution in [-0.4, -0.2) is 17.1 Å². The van der Waals surface area contributed by atoms with Crippen molar-refractivity contribution in [3.8, 4) is 0 Å². The monoisotopic (exact) mass is 275 g/mol. The van der Waals surface area contributed by atoms with Gasteiger partial charge in [-0.2, -0.15) is 5.10 Å². The van der Waals surface area contributed by atoms with Crippen molar-refractivity contribution in [2.45, 2.75) is 6.92 Å². The third-order valence-corrected chi connectivity index (χ3v) is 2.84. The highest BCUT2D eigenvalue weighted by Gasteiger charge is 1.97. The Bertz CT molecular complexity index is 419. The Kier molecular flexibility index (Phi) is 5.66. The minimum absolute atomic E-state index is 0.434. The number of hydrogen-bond acceptors (Lipinski definition) is 3. The van der Waals surface area contributed by atoms with Crippen LogP contribution >= 0.6 is 35.0 Å². The maximum atomic E-state index is 5.95. The molecule has 0 amide bonds. The van der Waals surface area contributed by atoms with Crippen molar-refractivity contribution in [1.82, 2.24) is 0 Å². The Balaban J connectivity index is 2.73. The van der Waals surface area contributed by atoms with Crippen LogP contribution in [0.3, 0.4) is 0 Å². The van der Waals surface area contributed by atoms with E-state index >= 15 is 0 Å². The lowest BCUT2D eigenvalue weighted by molar-refractivity contribution is 1.25. The van der Waals surface area contributed by atoms with E-state index in [4.69, 9.17) is 28.9 Å². The summed E-state index contributed by atoms with van der Waals surface area (Å²) in [6.45, 7) is 1.99. The zero-order valence-electron chi connectivity index (χ0n) is 8.65. The fraction of sp³-hybridized carbons (Fsp3) is 0.200. The minimum atomic E-state index is 0.434. The van der Waals surface area contributed by atoms with Gasteiger partial charge in [-0.15, -0.1) is 5.10 Å². The number of nitrogens with two attached hydrogens (primary N) is 1. The van der Waals surface area contributed by atoms with Crippen LogP contribution in [0.25, 0.3) is 0 Å². The standard InChI is InChI=1S/C10H11Cl2N3S/c1-2-16-10(13)15-14-6-7-3-4-8(11)5-9(7)12/h3-6H,2H2,1H3,(H2,13,15)/b14-6-. The van der Waals surface area contributed by atoms with Gasteiger partial charge >= 0.3 is 0 Å². The summed E-state index contributed by atoms with van der Waals surface area (Å²) in [6, 6.07) is 5.16. The highest BCUT2D eigenvalue weighted by molar-refractivity contribution is 8.13. The van der Waals surface area contributed by atoms with Crippen LogP contribution in [0.4, 0.5) is 0 Å². The van der Waals surface area contributed by atoms with E-state index in [0.717, 1.165) is 11.3 Å². The van der Waals surface area contributed by atoms with Gasteiger partial charge < -0.3 is 5.73 Å². The van der Waals surface area contributed by atoms with E-state index in [1.165, 1.54) is 11.8 Å². The van der Waals surface area contributed by atoms with E-state index in [1.807, 2.05) is 6.92 Å². The Morgan fingerprint density at radius 2 is 2.25 bits per heavy atom. The van der Waals surface area contributed by atoms with Crippen LogP contribution in [0.2, 0.25) is 10.0 Å². The number of halogens is 2. The molecule has 0 spiro atoms. The first-order valence-electron chi connectivity index (χ1n) is 4.58. The quantitative estimate of drug-likeness (QED) is 0.522. The maximum Gasteiger partial charge on any atom is 0.180 e. The normalized spacial score (nSPS) is 12.3. The number of hydrogen-bond donors (Lipinski definition) is 1. The molecule has 2 N–H and O–H groups in total. The summed E-state index contributed by atoms with van der Waals surface area (Å²) >= 11 is 13.1. The van der Waals surface area contributed by atoms with Crippen molar-refractivity contribution in [2.75, 3.05) is 5.75 Å². The number of thioether (sulfide) groups is 1. The van der Waals surface area contributed by atoms with Crippen molar-refractivity contribution in [1.29, 1.82) is 0 Å². The van der Waals surface area contributed by atoms with E-state index in [-0.39, 0.29) is 0 Å². The molecule has 0 saturated carbocycles. The molecule has 6 heteroatoms. The van der Waals surface area contributed by atoms with Crippen molar-refractivity contribution in [3.63, 3.8) is 0 Å². The molecule has 0 fully saturated rings. The lowest BCUT2D eigenvalue weighted by atomic mass is 10.2. The number of nitrogens with zero attached hydrogens (tertiary/aromatic N) is 2. The number of rotatable bonds is 3. The molecule has 1 rings (SSSR count). The molecule has 0 bridgehead atoms. The Morgan fingerprint density at radius 1 is 1.50 bits per heavy atom. The van der Waals surface area contributed by atoms with Crippen LogP contribution in [0.15, 0.2) is 28.4 Å². The Hall–Kier alpha value is -0.710. The first-order chi connectivity index (χ1) is 7.63. The number of benzene rings is 1. The van der Waals surface area contributed by atoms with Gasteiger partial charge in [-0.3, -0.25) is 0 Å². The van der Waals surface area contributed by atoms with Crippen LogP contribution in [0.5, 0.6) is 0 Å². The first kappa shape index (κ1) is 13.4. The molecular weight excluding hydrogens is 265 g/mol. The second-order valence-electron chi connectivity index (χ2n) is 2.78. The summed E-state index contributed by atoms with van der Waals surface area (Å²) in [5, 5.41) is 9.21. The second kappa shape index (κ2) is 6.78. The summed E-state index contributed by atoms with van der Waals surface area (Å²) in [6.07, 6.45) is 1.54. The zero-order valence-corrected chi connectivity index (χ0v) is 11.0. The molecule has 0 heterocycles. The van der Waals surface area contributed by atoms with Gasteiger partial charge in [0.25, 0.3) is 0 Å². The van der Waals surface area contributed by atoms with Crippen molar-refractivity contribution < 1.29 is 0 Å². The third-order valence-electron chi connectivity index (χ3n) is 1.61. The summed E-state index contributed by atoms with van der Waals surface area (Å²) < 4.78 is 0. The van der Waals surface area contributed by atoms with Gasteiger partial charge in [0.15, 0.2) is 5.17 Å². The smallest absolute Gasteiger partial charge is 0.180 e. The van der Waals surface area contributed by atoms with Gasteiger partial charge in [-0.05, 0) is 17.9 Å². The lowest BCUT2D eigenvalue weighted by Gasteiger charge is -1.97. The van der Waals surface area contributed by atoms with E-state index in [0.29, 0.717) is 15.2 Å². The summed E-state index contributed by atoms with van der Waals surface area (Å²) in [5.41, 5.74) is 6.31. The molecule has 16 heavy (non-hydrogen) atoms. The summed E-state index contributed by atoms with van der Waals surface area (Å²) in [7, 11) is 0. The summed E-state index contributed by atoms with van der Waals surface area (Å²) in [5.74, 6) is 0.868. The Morgan fingerprint density at radius 3 is 2.88 bits per heavy atom. The zero-order chi connectivity index (χ0) is 12.0. The van der Waals surface area contributed by atoms with Gasteiger partial charge in [-0.1, -0.05) is 48.0 Å². The predicted octanol–water partition coefficient (Wildman–Crippen LogP) is 3.40. The van der Waals surface area contributed by atoms with Gasteiger partial charge in [0.2, 0.25) is 0 Å². The summed E-state index contributed by atoms with van der Waals surface area (Å²) in [4.78, 5) is 0. The van der Waals surface area contributed by atoms with E-state index in [2.05, 4.69) is 10.2 Å². The molecule has 0 unspecified atom stereocenters. The third kappa shape index (κ3) is 4.43. The largest absolute Gasteiger partial charge is 0.377 e. The van der Waals surface area contributed by atoms with Crippen LogP contribution in [0.1, 0.15) is 12.5 Å². The molecule has 0 radical (unpaired) electrons. The van der Waals surface area contributed by atoms with Crippen molar-refractivity contribution in [3.05, 3.63) is 33.8 Å². The SMILES string of the molecule is CCSC(N)=N/N=C\c1ccc(Cl)cc1Cl. The average molecular weight is 276 g/mol. The molecule has 1 aromatic rings. The van der Waals surface area contributed by atoms with Crippen LogP contribution < -0.4 is 5.73 Å². The second-order valence-corrected chi connectivity index (χ2v) is 4.91. The molecule has 0 aromatic heterocycles. The van der Waals surface area contributed by atoms with Gasteiger partial charge in [0.1, 0.15) is 0 Å². The average Bonchev–Trinajstić information content (AvgIpc) is 2.22. The highest BCUT2D eigenvalue weighted by atomic mass is 35.5. The predicted molar refractivity (Wildman–Crippen MR) is 73.8 cm³/mol. The molecule has 0 aliphatic heterocycles. The molecule has 86 valence electrons. The molecule has 0 atom stereocenters. The maximum absolute atomic E-state index is 5.95. The van der Waals surface area contributed by atoms with E-state index in [1.54, 1.807) is 24.4 Å². The first-order valence-corrected chi connectivity index (χ1v) is 6.32. The van der Waals surface area contributed by atoms with Crippen molar-refractivity contribution in [2.24, 2.45) is 15.9 Å². The molecule has 0 saturated heterocycles. The molecule has 0 aliphatic carbocycles. The highest BCUT2D eigenvalue weighted by Crippen LogP contribution is 2.19. The molecule has 0 aliphatic rings. The van der Waals surface area contributed by atoms with Crippen LogP contribution in [0, 0.1) is 0 Å². The van der Waals surface area contributed by atoms with Crippen molar-refractivity contribution >= 4 is 46.3 Å². The number of amidine groups is 1. The topological polar surface area (TPSA) is 50.7 Å². The molecule has 1 aromatic carbocycles. The van der Waals surface area contributed by atoms with Crippen LogP contribution in [-0.2, 0) is 0 Å². The van der Waals surface area contributed by atoms with Gasteiger partial charge in [0, 0.05) is 10.6 Å². The lowest BCUT2D eigenvalue weighted by Crippen LogP contribution is -2.05. The molecule has 3 nitrogen and oxygen atoms in total. The van der Waals surface area contributed by atoms with E-state index in [9.17, 15) is 0 Å². The van der Waals surface area contributed by atoms with Gasteiger partial charge in [-0.25, -0.2) is 0 Å². The Labute approximate surface area is 109 Å².